The molecule has 1 amide bonds. The van der Waals surface area contributed by atoms with Crippen molar-refractivity contribution in [2.75, 3.05) is 7.11 Å². The molecule has 4 nitrogen and oxygen atoms in total. The minimum absolute atomic E-state index is 0.240. The van der Waals surface area contributed by atoms with Crippen molar-refractivity contribution < 1.29 is 9.53 Å². The van der Waals surface area contributed by atoms with Gasteiger partial charge in [-0.05, 0) is 52.9 Å². The number of amides is 1. The number of aromatic nitrogens is 1. The Morgan fingerprint density at radius 2 is 2.17 bits per heavy atom. The van der Waals surface area contributed by atoms with E-state index < -0.39 is 0 Å². The lowest BCUT2D eigenvalue weighted by Gasteiger charge is -2.02. The smallest absolute Gasteiger partial charge is 0.280 e. The molecule has 1 heterocycles. The molecule has 24 heavy (non-hydrogen) atoms. The number of benzene rings is 2. The van der Waals surface area contributed by atoms with E-state index in [9.17, 15) is 4.79 Å². The summed E-state index contributed by atoms with van der Waals surface area (Å²) in [4.78, 5) is 17.6. The molecule has 1 aromatic heterocycles. The van der Waals surface area contributed by atoms with Crippen LogP contribution in [-0.2, 0) is 6.54 Å². The molecule has 0 bridgehead atoms. The standard InChI is InChI=1S/C18H15IN2O2S/c1-3-10-21-15-9-8-12(23-2)11-16(15)24-18(21)20-17(22)13-6-4-5-7-14(13)19/h3-9,11H,1,10H2,2H3. The second-order valence-corrected chi connectivity index (χ2v) is 7.19. The molecule has 0 saturated carbocycles. The number of thiazole rings is 1. The summed E-state index contributed by atoms with van der Waals surface area (Å²) in [5, 5.41) is 0. The van der Waals surface area contributed by atoms with Gasteiger partial charge in [0.15, 0.2) is 4.80 Å². The van der Waals surface area contributed by atoms with E-state index in [1.807, 2.05) is 41.0 Å². The molecule has 0 fully saturated rings. The van der Waals surface area contributed by atoms with Gasteiger partial charge >= 0.3 is 0 Å². The number of hydrogen-bond donors (Lipinski definition) is 0. The van der Waals surface area contributed by atoms with Gasteiger partial charge in [0.25, 0.3) is 5.91 Å². The Hall–Kier alpha value is -1.93. The van der Waals surface area contributed by atoms with Gasteiger partial charge in [-0.15, -0.1) is 6.58 Å². The molecular formula is C18H15IN2O2S. The zero-order valence-corrected chi connectivity index (χ0v) is 16.0. The number of carbonyl (C=O) groups excluding carboxylic acids is 1. The maximum Gasteiger partial charge on any atom is 0.280 e. The van der Waals surface area contributed by atoms with Crippen LogP contribution in [0.3, 0.4) is 0 Å². The topological polar surface area (TPSA) is 43.6 Å². The first-order valence-electron chi connectivity index (χ1n) is 7.26. The fraction of sp³-hybridized carbons (Fsp3) is 0.111. The Morgan fingerprint density at radius 3 is 2.88 bits per heavy atom. The summed E-state index contributed by atoms with van der Waals surface area (Å²) in [5.74, 6) is 0.543. The van der Waals surface area contributed by atoms with E-state index in [1.165, 1.54) is 11.3 Å². The second kappa shape index (κ2) is 7.31. The van der Waals surface area contributed by atoms with E-state index in [1.54, 1.807) is 19.3 Å². The first-order chi connectivity index (χ1) is 11.6. The van der Waals surface area contributed by atoms with Gasteiger partial charge in [0.1, 0.15) is 5.75 Å². The van der Waals surface area contributed by atoms with Gasteiger partial charge in [-0.3, -0.25) is 4.79 Å². The van der Waals surface area contributed by atoms with Gasteiger partial charge in [-0.25, -0.2) is 0 Å². The predicted octanol–water partition coefficient (Wildman–Crippen LogP) is 4.24. The Bertz CT molecular complexity index is 988. The van der Waals surface area contributed by atoms with Crippen molar-refractivity contribution in [1.82, 2.24) is 4.57 Å². The number of rotatable bonds is 4. The number of nitrogens with zero attached hydrogens (tertiary/aromatic N) is 2. The summed E-state index contributed by atoms with van der Waals surface area (Å²) < 4.78 is 9.17. The van der Waals surface area contributed by atoms with Crippen molar-refractivity contribution in [2.45, 2.75) is 6.54 Å². The molecule has 0 aliphatic heterocycles. The number of allylic oxidation sites excluding steroid dienone is 1. The first-order valence-corrected chi connectivity index (χ1v) is 9.15. The molecule has 0 unspecified atom stereocenters. The largest absolute Gasteiger partial charge is 0.497 e. The third-order valence-corrected chi connectivity index (χ3v) is 5.48. The minimum Gasteiger partial charge on any atom is -0.497 e. The normalized spacial score (nSPS) is 11.7. The van der Waals surface area contributed by atoms with Crippen LogP contribution in [0.2, 0.25) is 0 Å². The van der Waals surface area contributed by atoms with Crippen LogP contribution in [0, 0.1) is 3.57 Å². The molecule has 3 rings (SSSR count). The second-order valence-electron chi connectivity index (χ2n) is 5.01. The number of halogens is 1. The maximum absolute atomic E-state index is 12.6. The zero-order valence-electron chi connectivity index (χ0n) is 13.0. The molecule has 0 atom stereocenters. The Kier molecular flexibility index (Phi) is 5.15. The van der Waals surface area contributed by atoms with Gasteiger partial charge in [-0.2, -0.15) is 4.99 Å². The van der Waals surface area contributed by atoms with Crippen LogP contribution in [0.25, 0.3) is 10.2 Å². The highest BCUT2D eigenvalue weighted by Crippen LogP contribution is 2.23. The van der Waals surface area contributed by atoms with E-state index in [0.29, 0.717) is 16.9 Å². The monoisotopic (exact) mass is 450 g/mol. The van der Waals surface area contributed by atoms with E-state index in [2.05, 4.69) is 34.2 Å². The van der Waals surface area contributed by atoms with Gasteiger partial charge in [0.05, 0.1) is 22.9 Å². The number of hydrogen-bond acceptors (Lipinski definition) is 3. The Labute approximate surface area is 157 Å². The lowest BCUT2D eigenvalue weighted by Crippen LogP contribution is -2.16. The summed E-state index contributed by atoms with van der Waals surface area (Å²) in [5.41, 5.74) is 1.62. The lowest BCUT2D eigenvalue weighted by molar-refractivity contribution is 0.0997. The highest BCUT2D eigenvalue weighted by atomic mass is 127. The molecule has 0 saturated heterocycles. The van der Waals surface area contributed by atoms with Crippen LogP contribution in [-0.4, -0.2) is 17.6 Å². The van der Waals surface area contributed by atoms with Crippen LogP contribution in [0.15, 0.2) is 60.1 Å². The van der Waals surface area contributed by atoms with Crippen molar-refractivity contribution >= 4 is 50.1 Å². The van der Waals surface area contributed by atoms with Crippen LogP contribution in [0.1, 0.15) is 10.4 Å². The SMILES string of the molecule is C=CCn1c(=NC(=O)c2ccccc2I)sc2cc(OC)ccc21. The molecule has 3 aromatic rings. The molecule has 0 aliphatic carbocycles. The number of ether oxygens (including phenoxy) is 1. The van der Waals surface area contributed by atoms with E-state index in [4.69, 9.17) is 4.74 Å². The molecule has 0 N–H and O–H groups in total. The number of carbonyl (C=O) groups is 1. The molecule has 0 spiro atoms. The first kappa shape index (κ1) is 16.9. The number of fused-ring (bicyclic) bond motifs is 1. The average molecular weight is 450 g/mol. The Morgan fingerprint density at radius 1 is 1.38 bits per heavy atom. The van der Waals surface area contributed by atoms with Crippen molar-refractivity contribution in [3.05, 3.63) is 69.1 Å². The molecule has 6 heteroatoms. The summed E-state index contributed by atoms with van der Waals surface area (Å²) in [6.07, 6.45) is 1.80. The maximum atomic E-state index is 12.6. The molecule has 0 radical (unpaired) electrons. The van der Waals surface area contributed by atoms with E-state index >= 15 is 0 Å². The summed E-state index contributed by atoms with van der Waals surface area (Å²) >= 11 is 3.62. The summed E-state index contributed by atoms with van der Waals surface area (Å²) in [7, 11) is 1.64. The van der Waals surface area contributed by atoms with Crippen LogP contribution < -0.4 is 9.54 Å². The third kappa shape index (κ3) is 3.29. The fourth-order valence-corrected chi connectivity index (χ4v) is 4.04. The van der Waals surface area contributed by atoms with E-state index in [0.717, 1.165) is 19.5 Å². The summed E-state index contributed by atoms with van der Waals surface area (Å²) in [6, 6.07) is 13.3. The van der Waals surface area contributed by atoms with Gasteiger partial charge in [0, 0.05) is 10.1 Å². The van der Waals surface area contributed by atoms with E-state index in [-0.39, 0.29) is 5.91 Å². The van der Waals surface area contributed by atoms with Gasteiger partial charge in [-0.1, -0.05) is 29.5 Å². The minimum atomic E-state index is -0.240. The summed E-state index contributed by atoms with van der Waals surface area (Å²) in [6.45, 7) is 4.39. The predicted molar refractivity (Wildman–Crippen MR) is 106 cm³/mol. The van der Waals surface area contributed by atoms with Crippen LogP contribution in [0.4, 0.5) is 0 Å². The average Bonchev–Trinajstić information content (AvgIpc) is 2.92. The van der Waals surface area contributed by atoms with Crippen molar-refractivity contribution in [1.29, 1.82) is 0 Å². The lowest BCUT2D eigenvalue weighted by atomic mass is 10.2. The van der Waals surface area contributed by atoms with Crippen molar-refractivity contribution in [3.63, 3.8) is 0 Å². The third-order valence-electron chi connectivity index (χ3n) is 3.50. The van der Waals surface area contributed by atoms with Crippen molar-refractivity contribution in [3.8, 4) is 5.75 Å². The molecule has 0 aliphatic rings. The zero-order chi connectivity index (χ0) is 17.1. The van der Waals surface area contributed by atoms with Gasteiger partial charge in [0.2, 0.25) is 0 Å². The van der Waals surface area contributed by atoms with Crippen LogP contribution >= 0.6 is 33.9 Å². The quantitative estimate of drug-likeness (QED) is 0.441. The van der Waals surface area contributed by atoms with Crippen LogP contribution in [0.5, 0.6) is 5.75 Å². The molecular weight excluding hydrogens is 435 g/mol. The number of methoxy groups -OCH3 is 1. The highest BCUT2D eigenvalue weighted by molar-refractivity contribution is 14.1. The van der Waals surface area contributed by atoms with Gasteiger partial charge < -0.3 is 9.30 Å². The highest BCUT2D eigenvalue weighted by Gasteiger charge is 2.11. The Balaban J connectivity index is 2.17. The fourth-order valence-electron chi connectivity index (χ4n) is 2.35. The molecule has 122 valence electrons. The van der Waals surface area contributed by atoms with Crippen molar-refractivity contribution in [2.24, 2.45) is 4.99 Å². The molecule has 2 aromatic carbocycles.